The molecular formula is C21H28O5. The van der Waals surface area contributed by atoms with Gasteiger partial charge in [0, 0.05) is 24.8 Å². The molecule has 1 aliphatic rings. The van der Waals surface area contributed by atoms with Gasteiger partial charge in [0.1, 0.15) is 5.78 Å². The summed E-state index contributed by atoms with van der Waals surface area (Å²) in [5.74, 6) is -0.933. The first-order valence-corrected chi connectivity index (χ1v) is 9.45. The van der Waals surface area contributed by atoms with Crippen molar-refractivity contribution in [2.75, 3.05) is 0 Å². The molecule has 1 aliphatic heterocycles. The van der Waals surface area contributed by atoms with E-state index < -0.39 is 12.2 Å². The van der Waals surface area contributed by atoms with Gasteiger partial charge in [0.05, 0.1) is 6.10 Å². The van der Waals surface area contributed by atoms with Crippen LogP contribution in [0.3, 0.4) is 0 Å². The van der Waals surface area contributed by atoms with Crippen molar-refractivity contribution in [1.29, 1.82) is 0 Å². The number of benzene rings is 1. The minimum absolute atomic E-state index is 0.0753. The van der Waals surface area contributed by atoms with E-state index in [1.807, 2.05) is 24.3 Å². The quantitative estimate of drug-likeness (QED) is 0.813. The van der Waals surface area contributed by atoms with E-state index in [1.165, 1.54) is 6.92 Å². The first-order valence-electron chi connectivity index (χ1n) is 9.45. The van der Waals surface area contributed by atoms with Crippen LogP contribution in [0.5, 0.6) is 0 Å². The minimum Gasteiger partial charge on any atom is -0.449 e. The van der Waals surface area contributed by atoms with Crippen LogP contribution in [0.25, 0.3) is 0 Å². The highest BCUT2D eigenvalue weighted by Gasteiger charge is 2.28. The molecule has 5 nitrogen and oxygen atoms in total. The summed E-state index contributed by atoms with van der Waals surface area (Å²) in [7, 11) is 0. The normalized spacial score (nSPS) is 20.1. The second-order valence-electron chi connectivity index (χ2n) is 7.07. The van der Waals surface area contributed by atoms with Crippen molar-refractivity contribution >= 4 is 17.5 Å². The van der Waals surface area contributed by atoms with Crippen LogP contribution in [0.15, 0.2) is 24.3 Å². The summed E-state index contributed by atoms with van der Waals surface area (Å²) in [4.78, 5) is 36.1. The largest absolute Gasteiger partial charge is 0.449 e. The lowest BCUT2D eigenvalue weighted by molar-refractivity contribution is -0.156. The van der Waals surface area contributed by atoms with E-state index >= 15 is 0 Å². The van der Waals surface area contributed by atoms with Crippen LogP contribution in [0.2, 0.25) is 0 Å². The molecule has 142 valence electrons. The van der Waals surface area contributed by atoms with Gasteiger partial charge in [-0.05, 0) is 31.7 Å². The molecule has 2 rings (SSSR count). The van der Waals surface area contributed by atoms with Gasteiger partial charge < -0.3 is 9.84 Å². The average molecular weight is 360 g/mol. The highest BCUT2D eigenvalue weighted by atomic mass is 16.5. The monoisotopic (exact) mass is 360 g/mol. The van der Waals surface area contributed by atoms with Crippen LogP contribution in [-0.2, 0) is 25.5 Å². The Labute approximate surface area is 154 Å². The summed E-state index contributed by atoms with van der Waals surface area (Å²) >= 11 is 0. The van der Waals surface area contributed by atoms with Gasteiger partial charge in [0.25, 0.3) is 0 Å². The lowest BCUT2D eigenvalue weighted by Crippen LogP contribution is -2.26. The Hall–Kier alpha value is -2.01. The lowest BCUT2D eigenvalue weighted by Gasteiger charge is -2.22. The predicted molar refractivity (Wildman–Crippen MR) is 97.6 cm³/mol. The SMILES string of the molecule is CC(=O)C[C@H](O)CC(=O)[C@@H]1OC(=O)CCCCCCCc2ccccc21. The van der Waals surface area contributed by atoms with Crippen molar-refractivity contribution < 1.29 is 24.2 Å². The second kappa shape index (κ2) is 10.2. The predicted octanol–water partition coefficient (Wildman–Crippen LogP) is 3.47. The fourth-order valence-electron chi connectivity index (χ4n) is 3.37. The maximum absolute atomic E-state index is 12.8. The third kappa shape index (κ3) is 6.37. The van der Waals surface area contributed by atoms with E-state index in [2.05, 4.69) is 0 Å². The molecule has 0 radical (unpaired) electrons. The Balaban J connectivity index is 2.25. The first-order chi connectivity index (χ1) is 12.5. The summed E-state index contributed by atoms with van der Waals surface area (Å²) in [6, 6.07) is 7.51. The van der Waals surface area contributed by atoms with Gasteiger partial charge >= 0.3 is 5.97 Å². The Morgan fingerprint density at radius 2 is 1.73 bits per heavy atom. The van der Waals surface area contributed by atoms with Gasteiger partial charge in [-0.25, -0.2) is 0 Å². The summed E-state index contributed by atoms with van der Waals surface area (Å²) in [5.41, 5.74) is 1.70. The maximum Gasteiger partial charge on any atom is 0.306 e. The molecule has 0 spiro atoms. The molecular weight excluding hydrogens is 332 g/mol. The fourth-order valence-corrected chi connectivity index (χ4v) is 3.37. The van der Waals surface area contributed by atoms with E-state index in [1.54, 1.807) is 0 Å². The number of rotatable bonds is 5. The van der Waals surface area contributed by atoms with Crippen molar-refractivity contribution in [3.63, 3.8) is 0 Å². The number of hydrogen-bond donors (Lipinski definition) is 1. The molecule has 1 N–H and O–H groups in total. The molecule has 5 heteroatoms. The van der Waals surface area contributed by atoms with E-state index in [0.717, 1.165) is 44.1 Å². The van der Waals surface area contributed by atoms with Gasteiger partial charge in [-0.3, -0.25) is 14.4 Å². The molecule has 0 saturated carbocycles. The number of carbonyl (C=O) groups excluding carboxylic acids is 3. The number of fused-ring (bicyclic) bond motifs is 1. The maximum atomic E-state index is 12.8. The molecule has 1 heterocycles. The van der Waals surface area contributed by atoms with Gasteiger partial charge in [0.2, 0.25) is 0 Å². The number of aliphatic hydroxyl groups is 1. The highest BCUT2D eigenvalue weighted by Crippen LogP contribution is 2.27. The standard InChI is InChI=1S/C21H28O5/c1-15(22)13-17(23)14-19(24)21-18-11-8-7-10-16(18)9-5-3-2-4-6-12-20(25)26-21/h7-8,10-11,17,21,23H,2-6,9,12-14H2,1H3/t17-,21+/m0/s1. The van der Waals surface area contributed by atoms with Crippen LogP contribution < -0.4 is 0 Å². The number of Topliss-reactive ketones (excluding diaryl/α,β-unsaturated/α-hetero) is 2. The Morgan fingerprint density at radius 1 is 1.08 bits per heavy atom. The number of hydrogen-bond acceptors (Lipinski definition) is 5. The van der Waals surface area contributed by atoms with Gasteiger partial charge in [-0.15, -0.1) is 0 Å². The number of esters is 1. The molecule has 0 unspecified atom stereocenters. The first kappa shape index (κ1) is 20.3. The topological polar surface area (TPSA) is 80.7 Å². The van der Waals surface area contributed by atoms with Gasteiger partial charge in [0.15, 0.2) is 11.9 Å². The molecule has 2 atom stereocenters. The lowest BCUT2D eigenvalue weighted by atomic mass is 9.92. The molecule has 0 aliphatic carbocycles. The third-order valence-electron chi connectivity index (χ3n) is 4.67. The van der Waals surface area contributed by atoms with E-state index in [0.29, 0.717) is 12.0 Å². The number of ether oxygens (including phenoxy) is 1. The molecule has 26 heavy (non-hydrogen) atoms. The molecule has 0 fully saturated rings. The van der Waals surface area contributed by atoms with Crippen molar-refractivity contribution in [1.82, 2.24) is 0 Å². The van der Waals surface area contributed by atoms with E-state index in [-0.39, 0.29) is 30.4 Å². The average Bonchev–Trinajstić information content (AvgIpc) is 2.57. The summed E-state index contributed by atoms with van der Waals surface area (Å²) in [6.45, 7) is 1.37. The number of cyclic esters (lactones) is 1. The molecule has 1 aromatic rings. The summed E-state index contributed by atoms with van der Waals surface area (Å²) < 4.78 is 5.53. The van der Waals surface area contributed by atoms with E-state index in [9.17, 15) is 19.5 Å². The fraction of sp³-hybridized carbons (Fsp3) is 0.571. The van der Waals surface area contributed by atoms with Crippen LogP contribution in [0, 0.1) is 0 Å². The Kier molecular flexibility index (Phi) is 7.98. The van der Waals surface area contributed by atoms with Crippen molar-refractivity contribution in [3.8, 4) is 0 Å². The summed E-state index contributed by atoms with van der Waals surface area (Å²) in [5, 5.41) is 9.96. The molecule has 0 amide bonds. The number of aliphatic hydroxyl groups excluding tert-OH is 1. The highest BCUT2D eigenvalue weighted by molar-refractivity contribution is 5.88. The molecule has 0 bridgehead atoms. The number of carbonyl (C=O) groups is 3. The number of ketones is 2. The molecule has 1 aromatic carbocycles. The molecule has 0 saturated heterocycles. The zero-order chi connectivity index (χ0) is 18.9. The van der Waals surface area contributed by atoms with Gasteiger partial charge in [-0.1, -0.05) is 43.5 Å². The number of aryl methyl sites for hydroxylation is 1. The van der Waals surface area contributed by atoms with Crippen molar-refractivity contribution in [3.05, 3.63) is 35.4 Å². The van der Waals surface area contributed by atoms with Crippen molar-refractivity contribution in [2.45, 2.75) is 76.9 Å². The Bertz CT molecular complexity index is 637. The van der Waals surface area contributed by atoms with E-state index in [4.69, 9.17) is 4.74 Å². The van der Waals surface area contributed by atoms with Crippen LogP contribution >= 0.6 is 0 Å². The van der Waals surface area contributed by atoms with Crippen LogP contribution in [-0.4, -0.2) is 28.7 Å². The third-order valence-corrected chi connectivity index (χ3v) is 4.67. The zero-order valence-electron chi connectivity index (χ0n) is 15.4. The Morgan fingerprint density at radius 3 is 2.46 bits per heavy atom. The van der Waals surface area contributed by atoms with Crippen molar-refractivity contribution in [2.24, 2.45) is 0 Å². The zero-order valence-corrected chi connectivity index (χ0v) is 15.4. The smallest absolute Gasteiger partial charge is 0.306 e. The van der Waals surface area contributed by atoms with Crippen LogP contribution in [0.4, 0.5) is 0 Å². The minimum atomic E-state index is -1.05. The van der Waals surface area contributed by atoms with Crippen LogP contribution in [0.1, 0.15) is 75.5 Å². The second-order valence-corrected chi connectivity index (χ2v) is 7.07. The van der Waals surface area contributed by atoms with Gasteiger partial charge in [-0.2, -0.15) is 0 Å². The summed E-state index contributed by atoms with van der Waals surface area (Å²) in [6.07, 6.45) is 3.73. The molecule has 0 aromatic heterocycles.